The van der Waals surface area contributed by atoms with E-state index in [4.69, 9.17) is 4.74 Å². The minimum Gasteiger partial charge on any atom is -0.492 e. The molecular weight excluding hydrogens is 326 g/mol. The van der Waals surface area contributed by atoms with Gasteiger partial charge in [-0.05, 0) is 35.7 Å². The van der Waals surface area contributed by atoms with Crippen molar-refractivity contribution in [1.29, 1.82) is 0 Å². The fourth-order valence-electron chi connectivity index (χ4n) is 2.68. The smallest absolute Gasteiger partial charge is 0.227 e. The van der Waals surface area contributed by atoms with Crippen LogP contribution in [-0.4, -0.2) is 27.2 Å². The van der Waals surface area contributed by atoms with Crippen molar-refractivity contribution in [2.75, 3.05) is 12.9 Å². The van der Waals surface area contributed by atoms with Gasteiger partial charge in [-0.15, -0.1) is 0 Å². The summed E-state index contributed by atoms with van der Waals surface area (Å²) in [5, 5.41) is 2.89. The average molecular weight is 345 g/mol. The summed E-state index contributed by atoms with van der Waals surface area (Å²) in [5.41, 5.74) is 1.90. The molecular formula is C18H19NO4S. The minimum atomic E-state index is -3.20. The second-order valence-electron chi connectivity index (χ2n) is 5.95. The number of hydrogen-bond acceptors (Lipinski definition) is 4. The first-order valence-corrected chi connectivity index (χ1v) is 9.60. The molecule has 0 aromatic heterocycles. The van der Waals surface area contributed by atoms with Gasteiger partial charge >= 0.3 is 0 Å². The van der Waals surface area contributed by atoms with Crippen molar-refractivity contribution in [2.24, 2.45) is 5.92 Å². The molecule has 0 fully saturated rings. The molecule has 1 aliphatic heterocycles. The van der Waals surface area contributed by atoms with Gasteiger partial charge in [0.05, 0.1) is 10.8 Å². The molecule has 2 aromatic carbocycles. The van der Waals surface area contributed by atoms with E-state index in [1.807, 2.05) is 24.3 Å². The number of fused-ring (bicyclic) bond motifs is 1. The lowest BCUT2D eigenvalue weighted by Gasteiger charge is -2.24. The normalized spacial score (nSPS) is 16.8. The number of rotatable bonds is 4. The molecule has 1 heterocycles. The third-order valence-electron chi connectivity index (χ3n) is 4.07. The Morgan fingerprint density at radius 1 is 1.17 bits per heavy atom. The number of nitrogens with one attached hydrogen (secondary N) is 1. The quantitative estimate of drug-likeness (QED) is 0.919. The van der Waals surface area contributed by atoms with Crippen LogP contribution in [0.4, 0.5) is 0 Å². The van der Waals surface area contributed by atoms with E-state index in [1.165, 1.54) is 6.26 Å². The van der Waals surface area contributed by atoms with Gasteiger partial charge in [0.2, 0.25) is 5.91 Å². The zero-order chi connectivity index (χ0) is 17.2. The topological polar surface area (TPSA) is 72.5 Å². The van der Waals surface area contributed by atoms with Gasteiger partial charge in [-0.3, -0.25) is 4.79 Å². The highest BCUT2D eigenvalue weighted by Gasteiger charge is 2.25. The Labute approximate surface area is 141 Å². The second-order valence-corrected chi connectivity index (χ2v) is 7.97. The van der Waals surface area contributed by atoms with Crippen molar-refractivity contribution in [2.45, 2.75) is 17.9 Å². The molecule has 24 heavy (non-hydrogen) atoms. The predicted molar refractivity (Wildman–Crippen MR) is 90.5 cm³/mol. The second kappa shape index (κ2) is 6.65. The Morgan fingerprint density at radius 3 is 2.58 bits per heavy atom. The van der Waals surface area contributed by atoms with E-state index >= 15 is 0 Å². The number of benzene rings is 2. The molecule has 0 radical (unpaired) electrons. The van der Waals surface area contributed by atoms with Crippen LogP contribution in [0, 0.1) is 5.92 Å². The Kier molecular flexibility index (Phi) is 4.57. The van der Waals surface area contributed by atoms with Gasteiger partial charge < -0.3 is 10.1 Å². The maximum Gasteiger partial charge on any atom is 0.227 e. The summed E-state index contributed by atoms with van der Waals surface area (Å²) >= 11 is 0. The van der Waals surface area contributed by atoms with Crippen molar-refractivity contribution in [1.82, 2.24) is 5.32 Å². The largest absolute Gasteiger partial charge is 0.492 e. The molecule has 1 aliphatic rings. The predicted octanol–water partition coefficient (Wildman–Crippen LogP) is 1.96. The fourth-order valence-corrected chi connectivity index (χ4v) is 3.31. The van der Waals surface area contributed by atoms with E-state index in [2.05, 4.69) is 5.32 Å². The Morgan fingerprint density at radius 2 is 1.88 bits per heavy atom. The molecule has 5 nitrogen and oxygen atoms in total. The van der Waals surface area contributed by atoms with E-state index < -0.39 is 9.84 Å². The summed E-state index contributed by atoms with van der Waals surface area (Å²) in [6.07, 6.45) is 1.83. The molecule has 1 atom stereocenters. The van der Waals surface area contributed by atoms with Crippen LogP contribution in [0.25, 0.3) is 0 Å². The number of carbonyl (C=O) groups is 1. The monoisotopic (exact) mass is 345 g/mol. The summed E-state index contributed by atoms with van der Waals surface area (Å²) in [7, 11) is -3.20. The van der Waals surface area contributed by atoms with Crippen LogP contribution in [0.15, 0.2) is 53.4 Å². The van der Waals surface area contributed by atoms with Crippen LogP contribution < -0.4 is 10.1 Å². The number of amides is 1. The molecule has 0 saturated heterocycles. The Bertz CT molecular complexity index is 844. The highest BCUT2D eigenvalue weighted by atomic mass is 32.2. The molecule has 0 unspecified atom stereocenters. The molecule has 2 aromatic rings. The van der Waals surface area contributed by atoms with Gasteiger partial charge in [0.15, 0.2) is 9.84 Å². The van der Waals surface area contributed by atoms with Crippen LogP contribution in [0.3, 0.4) is 0 Å². The molecule has 126 valence electrons. The number of hydrogen-bond donors (Lipinski definition) is 1. The van der Waals surface area contributed by atoms with E-state index in [0.29, 0.717) is 19.6 Å². The lowest BCUT2D eigenvalue weighted by atomic mass is 9.96. The summed E-state index contributed by atoms with van der Waals surface area (Å²) < 4.78 is 28.5. The van der Waals surface area contributed by atoms with Crippen molar-refractivity contribution in [3.8, 4) is 5.75 Å². The maximum absolute atomic E-state index is 12.3. The summed E-state index contributed by atoms with van der Waals surface area (Å²) in [5.74, 6) is 0.574. The molecule has 0 aliphatic carbocycles. The standard InChI is InChI=1S/C18H19NO4S/c1-24(21,22)16-8-6-13(7-9-16)11-19-18(20)15-10-14-4-2-3-5-17(14)23-12-15/h2-9,15H,10-12H2,1H3,(H,19,20)/t15-/m1/s1. The highest BCUT2D eigenvalue weighted by molar-refractivity contribution is 7.90. The first-order valence-electron chi connectivity index (χ1n) is 7.71. The van der Waals surface area contributed by atoms with Gasteiger partial charge in [-0.1, -0.05) is 30.3 Å². The molecule has 1 N–H and O–H groups in total. The lowest BCUT2D eigenvalue weighted by molar-refractivity contribution is -0.126. The van der Waals surface area contributed by atoms with Crippen molar-refractivity contribution in [3.63, 3.8) is 0 Å². The summed E-state index contributed by atoms with van der Waals surface area (Å²) in [6, 6.07) is 14.3. The van der Waals surface area contributed by atoms with Crippen molar-refractivity contribution >= 4 is 15.7 Å². The van der Waals surface area contributed by atoms with Crippen LogP contribution in [0.5, 0.6) is 5.75 Å². The van der Waals surface area contributed by atoms with Crippen LogP contribution in [0.2, 0.25) is 0 Å². The van der Waals surface area contributed by atoms with Gasteiger partial charge in [0.1, 0.15) is 12.4 Å². The third-order valence-corrected chi connectivity index (χ3v) is 5.20. The number of para-hydroxylation sites is 1. The summed E-state index contributed by atoms with van der Waals surface area (Å²) in [4.78, 5) is 12.6. The molecule has 6 heteroatoms. The number of carbonyl (C=O) groups excluding carboxylic acids is 1. The van der Waals surface area contributed by atoms with Crippen LogP contribution >= 0.6 is 0 Å². The van der Waals surface area contributed by atoms with Gasteiger partial charge in [-0.25, -0.2) is 8.42 Å². The van der Waals surface area contributed by atoms with Gasteiger partial charge in [-0.2, -0.15) is 0 Å². The SMILES string of the molecule is CS(=O)(=O)c1ccc(CNC(=O)[C@H]2COc3ccccc3C2)cc1. The van der Waals surface area contributed by atoms with E-state index in [-0.39, 0.29) is 16.7 Å². The average Bonchev–Trinajstić information content (AvgIpc) is 2.59. The van der Waals surface area contributed by atoms with Gasteiger partial charge in [0.25, 0.3) is 0 Å². The van der Waals surface area contributed by atoms with Crippen LogP contribution in [0.1, 0.15) is 11.1 Å². The number of sulfone groups is 1. The van der Waals surface area contributed by atoms with E-state index in [1.54, 1.807) is 24.3 Å². The third kappa shape index (κ3) is 3.76. The number of ether oxygens (including phenoxy) is 1. The van der Waals surface area contributed by atoms with Crippen molar-refractivity contribution in [3.05, 3.63) is 59.7 Å². The van der Waals surface area contributed by atoms with Crippen LogP contribution in [-0.2, 0) is 27.6 Å². The first kappa shape index (κ1) is 16.5. The molecule has 0 spiro atoms. The fraction of sp³-hybridized carbons (Fsp3) is 0.278. The highest BCUT2D eigenvalue weighted by Crippen LogP contribution is 2.26. The lowest BCUT2D eigenvalue weighted by Crippen LogP contribution is -2.37. The molecule has 0 bridgehead atoms. The van der Waals surface area contributed by atoms with E-state index in [0.717, 1.165) is 16.9 Å². The van der Waals surface area contributed by atoms with Gasteiger partial charge in [0, 0.05) is 12.8 Å². The Hall–Kier alpha value is -2.34. The van der Waals surface area contributed by atoms with Crippen molar-refractivity contribution < 1.29 is 17.9 Å². The minimum absolute atomic E-state index is 0.0586. The zero-order valence-corrected chi connectivity index (χ0v) is 14.2. The van der Waals surface area contributed by atoms with E-state index in [9.17, 15) is 13.2 Å². The first-order chi connectivity index (χ1) is 11.4. The maximum atomic E-state index is 12.3. The molecule has 3 rings (SSSR count). The molecule has 1 amide bonds. The zero-order valence-electron chi connectivity index (χ0n) is 13.4. The Balaban J connectivity index is 1.58. The summed E-state index contributed by atoms with van der Waals surface area (Å²) in [6.45, 7) is 0.733. The molecule has 0 saturated carbocycles.